The predicted octanol–water partition coefficient (Wildman–Crippen LogP) is 4.92. The zero-order chi connectivity index (χ0) is 37.5. The second kappa shape index (κ2) is 14.4. The highest BCUT2D eigenvalue weighted by molar-refractivity contribution is 7.89. The third-order valence-corrected chi connectivity index (χ3v) is 11.7. The molecule has 0 spiro atoms. The van der Waals surface area contributed by atoms with E-state index < -0.39 is 40.8 Å². The number of aromatic nitrogens is 4. The Bertz CT molecular complexity index is 2090. The molecule has 12 nitrogen and oxygen atoms in total. The molecule has 0 bridgehead atoms. The van der Waals surface area contributed by atoms with Crippen LogP contribution in [0.3, 0.4) is 0 Å². The van der Waals surface area contributed by atoms with E-state index in [9.17, 15) is 21.6 Å². The summed E-state index contributed by atoms with van der Waals surface area (Å²) in [6, 6.07) is 13.3. The van der Waals surface area contributed by atoms with E-state index in [1.807, 2.05) is 17.8 Å². The summed E-state index contributed by atoms with van der Waals surface area (Å²) in [4.78, 5) is 12.0. The van der Waals surface area contributed by atoms with Gasteiger partial charge in [-0.15, -0.1) is 0 Å². The summed E-state index contributed by atoms with van der Waals surface area (Å²) < 4.78 is 91.2. The van der Waals surface area contributed by atoms with Crippen molar-refractivity contribution >= 4 is 32.7 Å². The summed E-state index contributed by atoms with van der Waals surface area (Å²) in [5.41, 5.74) is 2.09. The molecule has 2 fully saturated rings. The molecule has 0 radical (unpaired) electrons. The summed E-state index contributed by atoms with van der Waals surface area (Å²) >= 11 is 0. The quantitative estimate of drug-likeness (QED) is 0.246. The highest BCUT2D eigenvalue weighted by Gasteiger charge is 2.36. The topological polar surface area (TPSA) is 121 Å². The molecule has 2 saturated heterocycles. The first kappa shape index (κ1) is 32.6. The first-order valence-corrected chi connectivity index (χ1v) is 18.3. The van der Waals surface area contributed by atoms with Crippen molar-refractivity contribution < 1.29 is 29.1 Å². The predicted molar refractivity (Wildman–Crippen MR) is 188 cm³/mol. The molecular formula is C35H42F3N9O3S. The molecule has 4 aromatic rings. The Morgan fingerprint density at radius 2 is 1.86 bits per heavy atom. The Hall–Kier alpha value is -4.25. The van der Waals surface area contributed by atoms with Crippen LogP contribution < -0.4 is 20.3 Å². The fourth-order valence-electron chi connectivity index (χ4n) is 7.03. The lowest BCUT2D eigenvalue weighted by Gasteiger charge is -2.33. The molecule has 16 heteroatoms. The van der Waals surface area contributed by atoms with Crippen LogP contribution in [0.4, 0.5) is 24.9 Å². The number of ether oxygens (including phenoxy) is 1. The van der Waals surface area contributed by atoms with Crippen LogP contribution in [0, 0.1) is 0 Å². The minimum Gasteiger partial charge on any atom is -0.480 e. The third-order valence-electron chi connectivity index (χ3n) is 9.79. The van der Waals surface area contributed by atoms with Gasteiger partial charge in [-0.3, -0.25) is 14.9 Å². The molecule has 7 rings (SSSR count). The lowest BCUT2D eigenvalue weighted by molar-refractivity contribution is -0.139. The number of anilines is 2. The molecule has 0 aliphatic carbocycles. The number of likely N-dealkylation sites (tertiary alicyclic amines) is 1. The number of sulfonamides is 1. The molecule has 5 heterocycles. The average molecular weight is 728 g/mol. The second-order valence-corrected chi connectivity index (χ2v) is 15.0. The van der Waals surface area contributed by atoms with Crippen molar-refractivity contribution in [2.24, 2.45) is 7.05 Å². The number of nitrogens with one attached hydrogen (secondary N) is 2. The Kier molecular flexibility index (Phi) is 9.22. The maximum Gasteiger partial charge on any atom is 0.423 e. The van der Waals surface area contributed by atoms with Crippen LogP contribution in [0.5, 0.6) is 5.88 Å². The summed E-state index contributed by atoms with van der Waals surface area (Å²) in [7, 11) is -0.743. The van der Waals surface area contributed by atoms with Crippen LogP contribution in [0.15, 0.2) is 65.8 Å². The number of aryl methyl sites for hydroxylation is 1. The Morgan fingerprint density at radius 1 is 1.08 bits per heavy atom. The lowest BCUT2D eigenvalue weighted by atomic mass is 9.89. The SMILES string of the molecule is [2H]C1C=CN(c2nn(C)c3cc(C4CCN(Cc5cccc(S(=O)(=O)N6CCC(Nc7ncc(C(F)(F)F)c(OC)n7)CC6)c5)CC4)ccc23)C([2H])N1. The second-order valence-electron chi connectivity index (χ2n) is 13.1. The molecule has 51 heavy (non-hydrogen) atoms. The number of rotatable bonds is 9. The molecule has 2 aromatic heterocycles. The van der Waals surface area contributed by atoms with Gasteiger partial charge in [0.05, 0.1) is 25.5 Å². The normalized spacial score (nSPS) is 22.3. The van der Waals surface area contributed by atoms with Gasteiger partial charge in [0.25, 0.3) is 0 Å². The van der Waals surface area contributed by atoms with Gasteiger partial charge in [-0.25, -0.2) is 13.4 Å². The van der Waals surface area contributed by atoms with E-state index in [2.05, 4.69) is 43.7 Å². The van der Waals surface area contributed by atoms with E-state index in [0.717, 1.165) is 49.5 Å². The van der Waals surface area contributed by atoms with Crippen LogP contribution >= 0.6 is 0 Å². The van der Waals surface area contributed by atoms with Gasteiger partial charge in [0, 0.05) is 58.4 Å². The minimum atomic E-state index is -4.64. The van der Waals surface area contributed by atoms with E-state index >= 15 is 0 Å². The highest BCUT2D eigenvalue weighted by atomic mass is 32.2. The first-order valence-electron chi connectivity index (χ1n) is 18.1. The molecule has 2 N–H and O–H groups in total. The van der Waals surface area contributed by atoms with Crippen LogP contribution in [0.25, 0.3) is 10.9 Å². The Morgan fingerprint density at radius 3 is 2.59 bits per heavy atom. The van der Waals surface area contributed by atoms with Crippen LogP contribution in [0.1, 0.15) is 51.0 Å². The van der Waals surface area contributed by atoms with Crippen molar-refractivity contribution in [1.82, 2.24) is 34.3 Å². The molecule has 272 valence electrons. The highest BCUT2D eigenvalue weighted by Crippen LogP contribution is 2.36. The van der Waals surface area contributed by atoms with Gasteiger partial charge >= 0.3 is 6.18 Å². The molecular weight excluding hydrogens is 684 g/mol. The van der Waals surface area contributed by atoms with E-state index in [4.69, 9.17) is 12.6 Å². The Labute approximate surface area is 298 Å². The molecule has 2 aromatic carbocycles. The molecule has 0 amide bonds. The molecule has 2 atom stereocenters. The number of hydrogen-bond acceptors (Lipinski definition) is 10. The number of piperidine rings is 2. The van der Waals surface area contributed by atoms with Gasteiger partial charge in [0.1, 0.15) is 5.56 Å². The number of alkyl halides is 3. The van der Waals surface area contributed by atoms with Gasteiger partial charge < -0.3 is 15.0 Å². The number of halogens is 3. The summed E-state index contributed by atoms with van der Waals surface area (Å²) in [6.07, 6.45) is 2.25. The number of hydrogen-bond donors (Lipinski definition) is 2. The Balaban J connectivity index is 0.935. The van der Waals surface area contributed by atoms with Gasteiger partial charge in [-0.05, 0) is 80.1 Å². The van der Waals surface area contributed by atoms with Crippen molar-refractivity contribution in [3.05, 3.63) is 77.6 Å². The van der Waals surface area contributed by atoms with Crippen molar-refractivity contribution in [1.29, 1.82) is 0 Å². The van der Waals surface area contributed by atoms with Gasteiger partial charge in [0.15, 0.2) is 5.82 Å². The number of fused-ring (bicyclic) bond motifs is 1. The van der Waals surface area contributed by atoms with Gasteiger partial charge in [0.2, 0.25) is 21.9 Å². The summed E-state index contributed by atoms with van der Waals surface area (Å²) in [5.74, 6) is 0.469. The molecule has 3 aliphatic heterocycles. The van der Waals surface area contributed by atoms with Crippen LogP contribution in [-0.4, -0.2) is 89.9 Å². The molecule has 2 unspecified atom stereocenters. The van der Waals surface area contributed by atoms with E-state index in [0.29, 0.717) is 37.3 Å². The number of methoxy groups -OCH3 is 1. The summed E-state index contributed by atoms with van der Waals surface area (Å²) in [6.45, 7) is 1.43. The van der Waals surface area contributed by atoms with Crippen molar-refractivity contribution in [3.63, 3.8) is 0 Å². The zero-order valence-corrected chi connectivity index (χ0v) is 29.2. The van der Waals surface area contributed by atoms with Crippen molar-refractivity contribution in [3.8, 4) is 5.88 Å². The maximum atomic E-state index is 13.7. The van der Waals surface area contributed by atoms with Gasteiger partial charge in [-0.2, -0.15) is 27.6 Å². The van der Waals surface area contributed by atoms with Crippen molar-refractivity contribution in [2.45, 2.75) is 55.3 Å². The monoisotopic (exact) mass is 727 g/mol. The average Bonchev–Trinajstić information content (AvgIpc) is 3.46. The van der Waals surface area contributed by atoms with Crippen molar-refractivity contribution in [2.75, 3.05) is 56.7 Å². The standard InChI is InChI=1S/C35H42F3N9O3S/c1-44-31-20-26(7-8-29(31)32(43-44)46-14-4-13-39-23-46)25-9-15-45(16-10-25)22-24-5-3-6-28(19-24)51(48,49)47-17-11-27(12-18-47)41-34-40-21-30(35(36,37)38)33(42-34)50-2/h3-8,14,19-21,25,27,39H,9-13,15-18,22-23H2,1-2H3,(H,40,41,42)/i13D,23D. The number of nitrogens with zero attached hydrogens (tertiary/aromatic N) is 7. The minimum absolute atomic E-state index is 0.00636. The summed E-state index contributed by atoms with van der Waals surface area (Å²) in [5, 5.41) is 11.5. The largest absolute Gasteiger partial charge is 0.480 e. The molecule has 0 saturated carbocycles. The van der Waals surface area contributed by atoms with E-state index in [1.165, 1.54) is 9.87 Å². The smallest absolute Gasteiger partial charge is 0.423 e. The maximum absolute atomic E-state index is 13.7. The van der Waals surface area contributed by atoms with Gasteiger partial charge in [-0.1, -0.05) is 24.3 Å². The first-order chi connectivity index (χ1) is 25.3. The zero-order valence-electron chi connectivity index (χ0n) is 30.3. The van der Waals surface area contributed by atoms with E-state index in [1.54, 1.807) is 35.4 Å². The fourth-order valence-corrected chi connectivity index (χ4v) is 8.57. The number of benzene rings is 2. The van der Waals surface area contributed by atoms with E-state index in [-0.39, 0.29) is 30.0 Å². The third kappa shape index (κ3) is 7.54. The lowest BCUT2D eigenvalue weighted by Crippen LogP contribution is -2.42. The van der Waals surface area contributed by atoms with Crippen LogP contribution in [-0.2, 0) is 29.8 Å². The fraction of sp³-hybridized carbons (Fsp3) is 0.457. The van der Waals surface area contributed by atoms with Crippen LogP contribution in [0.2, 0.25) is 0 Å². The molecule has 3 aliphatic rings.